The number of carbonyl (C=O) groups is 3. The summed E-state index contributed by atoms with van der Waals surface area (Å²) in [6, 6.07) is 14.9. The van der Waals surface area contributed by atoms with Crippen molar-refractivity contribution in [2.75, 3.05) is 26.4 Å². The number of benzene rings is 2. The van der Waals surface area contributed by atoms with E-state index in [9.17, 15) is 19.5 Å². The van der Waals surface area contributed by atoms with Crippen molar-refractivity contribution < 1.29 is 34.1 Å². The van der Waals surface area contributed by atoms with Gasteiger partial charge in [-0.15, -0.1) is 0 Å². The number of fused-ring (bicyclic) bond motifs is 3. The van der Waals surface area contributed by atoms with Gasteiger partial charge in [-0.3, -0.25) is 4.79 Å². The van der Waals surface area contributed by atoms with Crippen molar-refractivity contribution >= 4 is 18.0 Å². The number of alkyl carbamates (subject to hydrolysis) is 1. The van der Waals surface area contributed by atoms with Crippen LogP contribution in [0.4, 0.5) is 4.79 Å². The van der Waals surface area contributed by atoms with Gasteiger partial charge >= 0.3 is 12.1 Å². The number of carboxylic acid groups (broad SMARTS) is 1. The normalized spacial score (nSPS) is 17.1. The molecule has 1 atom stereocenters. The monoisotopic (exact) mass is 482 g/mol. The van der Waals surface area contributed by atoms with Gasteiger partial charge in [-0.25, -0.2) is 9.59 Å². The summed E-state index contributed by atoms with van der Waals surface area (Å²) >= 11 is 0. The molecule has 0 unspecified atom stereocenters. The molecule has 1 aliphatic heterocycles. The second-order valence-corrected chi connectivity index (χ2v) is 8.99. The molecule has 2 aromatic carbocycles. The average Bonchev–Trinajstić information content (AvgIpc) is 3.16. The molecule has 35 heavy (non-hydrogen) atoms. The molecule has 0 spiro atoms. The molecule has 0 saturated carbocycles. The predicted molar refractivity (Wildman–Crippen MR) is 127 cm³/mol. The number of rotatable bonds is 9. The summed E-state index contributed by atoms with van der Waals surface area (Å²) in [6.07, 6.45) is -0.0658. The molecule has 1 fully saturated rings. The quantitative estimate of drug-likeness (QED) is 0.431. The van der Waals surface area contributed by atoms with Crippen molar-refractivity contribution in [2.24, 2.45) is 0 Å². The molecular weight excluding hydrogens is 452 g/mol. The van der Waals surface area contributed by atoms with Gasteiger partial charge in [0.2, 0.25) is 5.91 Å². The van der Waals surface area contributed by atoms with Crippen molar-refractivity contribution in [1.82, 2.24) is 10.6 Å². The Balaban J connectivity index is 1.41. The highest BCUT2D eigenvalue weighted by Gasteiger charge is 2.38. The van der Waals surface area contributed by atoms with E-state index >= 15 is 0 Å². The highest BCUT2D eigenvalue weighted by atomic mass is 16.5. The minimum absolute atomic E-state index is 0.0862. The van der Waals surface area contributed by atoms with Crippen molar-refractivity contribution in [3.05, 3.63) is 59.7 Å². The highest BCUT2D eigenvalue weighted by molar-refractivity contribution is 5.85. The summed E-state index contributed by atoms with van der Waals surface area (Å²) < 4.78 is 11.1. The Morgan fingerprint density at radius 1 is 1.03 bits per heavy atom. The topological polar surface area (TPSA) is 134 Å². The summed E-state index contributed by atoms with van der Waals surface area (Å²) in [5.41, 5.74) is 3.55. The molecule has 0 radical (unpaired) electrons. The fraction of sp³-hybridized carbons (Fsp3) is 0.423. The van der Waals surface area contributed by atoms with Crippen LogP contribution in [0.3, 0.4) is 0 Å². The zero-order chi connectivity index (χ0) is 24.8. The van der Waals surface area contributed by atoms with E-state index in [2.05, 4.69) is 22.8 Å². The molecular formula is C26H30N2O7. The van der Waals surface area contributed by atoms with Crippen LogP contribution in [-0.4, -0.2) is 66.2 Å². The van der Waals surface area contributed by atoms with E-state index in [1.54, 1.807) is 0 Å². The average molecular weight is 483 g/mol. The maximum atomic E-state index is 12.9. The van der Waals surface area contributed by atoms with Gasteiger partial charge < -0.3 is 30.3 Å². The van der Waals surface area contributed by atoms with Crippen LogP contribution in [0.5, 0.6) is 0 Å². The fourth-order valence-electron chi connectivity index (χ4n) is 4.90. The van der Waals surface area contributed by atoms with E-state index in [0.717, 1.165) is 22.3 Å². The number of amides is 2. The van der Waals surface area contributed by atoms with Crippen LogP contribution in [0.15, 0.2) is 48.5 Å². The Kier molecular flexibility index (Phi) is 7.67. The molecule has 2 amide bonds. The Labute approximate surface area is 203 Å². The fourth-order valence-corrected chi connectivity index (χ4v) is 4.90. The standard InChI is InChI=1S/C26H30N2O7/c29-12-9-22(24(31)32)27-23(30)15-26(10-13-34-14-11-26)28-25(33)35-16-21-19-7-3-1-5-17(19)18-6-2-4-8-20(18)21/h1-8,21-22,29H,9-16H2,(H,27,30)(H,28,33)(H,31,32)/t22-/m0/s1. The van der Waals surface area contributed by atoms with Gasteiger partial charge in [-0.05, 0) is 35.1 Å². The molecule has 9 nitrogen and oxygen atoms in total. The lowest BCUT2D eigenvalue weighted by Gasteiger charge is -2.37. The summed E-state index contributed by atoms with van der Waals surface area (Å²) in [5, 5.41) is 23.6. The van der Waals surface area contributed by atoms with Crippen LogP contribution >= 0.6 is 0 Å². The molecule has 0 bridgehead atoms. The summed E-state index contributed by atoms with van der Waals surface area (Å²) in [6.45, 7) is 0.496. The van der Waals surface area contributed by atoms with Gasteiger partial charge in [0.1, 0.15) is 12.6 Å². The number of hydrogen-bond donors (Lipinski definition) is 4. The molecule has 2 aliphatic rings. The first-order valence-electron chi connectivity index (χ1n) is 11.8. The number of hydrogen-bond acceptors (Lipinski definition) is 6. The maximum absolute atomic E-state index is 12.9. The molecule has 1 aliphatic carbocycles. The second kappa shape index (κ2) is 10.9. The number of aliphatic hydroxyl groups is 1. The van der Waals surface area contributed by atoms with Gasteiger partial charge in [0.25, 0.3) is 0 Å². The Hall–Kier alpha value is -3.43. The van der Waals surface area contributed by atoms with E-state index in [-0.39, 0.29) is 32.0 Å². The molecule has 1 heterocycles. The maximum Gasteiger partial charge on any atom is 0.407 e. The number of nitrogens with one attached hydrogen (secondary N) is 2. The van der Waals surface area contributed by atoms with Gasteiger partial charge in [0.05, 0.1) is 12.0 Å². The van der Waals surface area contributed by atoms with E-state index < -0.39 is 29.6 Å². The lowest BCUT2D eigenvalue weighted by molar-refractivity contribution is -0.142. The van der Waals surface area contributed by atoms with Crippen molar-refractivity contribution in [2.45, 2.75) is 43.2 Å². The Bertz CT molecular complexity index is 1040. The molecule has 1 saturated heterocycles. The predicted octanol–water partition coefficient (Wildman–Crippen LogP) is 2.42. The Morgan fingerprint density at radius 2 is 1.63 bits per heavy atom. The minimum atomic E-state index is -1.22. The number of ether oxygens (including phenoxy) is 2. The van der Waals surface area contributed by atoms with E-state index in [0.29, 0.717) is 26.1 Å². The summed E-state index contributed by atoms with van der Waals surface area (Å²) in [5.74, 6) is -1.83. The molecule has 0 aromatic heterocycles. The smallest absolute Gasteiger partial charge is 0.407 e. The molecule has 9 heteroatoms. The zero-order valence-electron chi connectivity index (χ0n) is 19.4. The van der Waals surface area contributed by atoms with Gasteiger partial charge in [-0.2, -0.15) is 0 Å². The third kappa shape index (κ3) is 5.63. The van der Waals surface area contributed by atoms with E-state index in [4.69, 9.17) is 14.6 Å². The first-order valence-corrected chi connectivity index (χ1v) is 11.8. The van der Waals surface area contributed by atoms with Crippen LogP contribution in [0, 0.1) is 0 Å². The second-order valence-electron chi connectivity index (χ2n) is 8.99. The van der Waals surface area contributed by atoms with Gasteiger partial charge in [-0.1, -0.05) is 48.5 Å². The lowest BCUT2D eigenvalue weighted by atomic mass is 9.86. The largest absolute Gasteiger partial charge is 0.480 e. The van der Waals surface area contributed by atoms with Crippen LogP contribution < -0.4 is 10.6 Å². The lowest BCUT2D eigenvalue weighted by Crippen LogP contribution is -2.55. The number of carbonyl (C=O) groups excluding carboxylic acids is 2. The molecule has 2 aromatic rings. The number of carboxylic acids is 1. The van der Waals surface area contributed by atoms with Crippen LogP contribution in [0.1, 0.15) is 42.7 Å². The van der Waals surface area contributed by atoms with E-state index in [1.807, 2.05) is 36.4 Å². The third-order valence-electron chi connectivity index (χ3n) is 6.71. The zero-order valence-corrected chi connectivity index (χ0v) is 19.4. The van der Waals surface area contributed by atoms with Gasteiger partial charge in [0, 0.05) is 32.2 Å². The number of aliphatic hydroxyl groups excluding tert-OH is 1. The van der Waals surface area contributed by atoms with Crippen LogP contribution in [0.25, 0.3) is 11.1 Å². The van der Waals surface area contributed by atoms with Crippen molar-refractivity contribution in [3.63, 3.8) is 0 Å². The van der Waals surface area contributed by atoms with Crippen molar-refractivity contribution in [3.8, 4) is 11.1 Å². The minimum Gasteiger partial charge on any atom is -0.480 e. The van der Waals surface area contributed by atoms with Crippen molar-refractivity contribution in [1.29, 1.82) is 0 Å². The summed E-state index contributed by atoms with van der Waals surface area (Å²) in [4.78, 5) is 36.8. The third-order valence-corrected chi connectivity index (χ3v) is 6.71. The first kappa shape index (κ1) is 24.7. The molecule has 186 valence electrons. The number of aliphatic carboxylic acids is 1. The molecule has 4 N–H and O–H groups in total. The van der Waals surface area contributed by atoms with Crippen LogP contribution in [-0.2, 0) is 19.1 Å². The Morgan fingerprint density at radius 3 is 2.20 bits per heavy atom. The highest BCUT2D eigenvalue weighted by Crippen LogP contribution is 2.44. The SMILES string of the molecule is O=C(CC1(NC(=O)OCC2c3ccccc3-c3ccccc32)CCOCC1)N[C@@H](CCO)C(=O)O. The van der Waals surface area contributed by atoms with E-state index in [1.165, 1.54) is 0 Å². The molecule has 4 rings (SSSR count). The summed E-state index contributed by atoms with van der Waals surface area (Å²) in [7, 11) is 0. The van der Waals surface area contributed by atoms with Crippen LogP contribution in [0.2, 0.25) is 0 Å². The van der Waals surface area contributed by atoms with Gasteiger partial charge in [0.15, 0.2) is 0 Å². The first-order chi connectivity index (χ1) is 16.9.